The van der Waals surface area contributed by atoms with Gasteiger partial charge >= 0.3 is 0 Å². The second-order valence-electron chi connectivity index (χ2n) is 5.40. The molecule has 0 saturated heterocycles. The molecule has 4 rings (SSSR count). The maximum atomic E-state index is 13.6. The van der Waals surface area contributed by atoms with E-state index in [1.807, 2.05) is 17.5 Å². The predicted molar refractivity (Wildman–Crippen MR) is 93.8 cm³/mol. The molecule has 0 aliphatic rings. The highest BCUT2D eigenvalue weighted by Gasteiger charge is 2.20. The molecule has 26 heavy (non-hydrogen) atoms. The van der Waals surface area contributed by atoms with E-state index in [1.54, 1.807) is 25.1 Å². The number of thiophene rings is 1. The van der Waals surface area contributed by atoms with E-state index in [2.05, 4.69) is 20.6 Å². The SMILES string of the molecule is Cc1cc(NC(=O)c2nc(-c3cccs3)n(-c3cccc(F)c3)n2)no1. The first kappa shape index (κ1) is 16.2. The molecule has 0 bridgehead atoms. The Morgan fingerprint density at radius 2 is 2.15 bits per heavy atom. The molecule has 7 nitrogen and oxygen atoms in total. The number of nitrogens with one attached hydrogen (secondary N) is 1. The summed E-state index contributed by atoms with van der Waals surface area (Å²) in [5.41, 5.74) is 0.470. The lowest BCUT2D eigenvalue weighted by Crippen LogP contribution is -2.14. The van der Waals surface area contributed by atoms with Gasteiger partial charge in [0.15, 0.2) is 11.6 Å². The zero-order chi connectivity index (χ0) is 18.1. The molecule has 1 N–H and O–H groups in total. The van der Waals surface area contributed by atoms with Crippen LogP contribution in [0.3, 0.4) is 0 Å². The lowest BCUT2D eigenvalue weighted by Gasteiger charge is -2.04. The Kier molecular flexibility index (Phi) is 4.05. The van der Waals surface area contributed by atoms with E-state index in [0.29, 0.717) is 17.3 Å². The summed E-state index contributed by atoms with van der Waals surface area (Å²) in [5.74, 6) is 0.293. The van der Waals surface area contributed by atoms with Crippen molar-refractivity contribution in [3.63, 3.8) is 0 Å². The average Bonchev–Trinajstić information content (AvgIpc) is 3.34. The number of carbonyl (C=O) groups excluding carboxylic acids is 1. The minimum atomic E-state index is -0.536. The Morgan fingerprint density at radius 1 is 1.27 bits per heavy atom. The van der Waals surface area contributed by atoms with E-state index in [0.717, 1.165) is 4.88 Å². The first-order valence-electron chi connectivity index (χ1n) is 7.62. The van der Waals surface area contributed by atoms with Crippen molar-refractivity contribution in [1.82, 2.24) is 19.9 Å². The first-order valence-corrected chi connectivity index (χ1v) is 8.49. The second-order valence-corrected chi connectivity index (χ2v) is 6.35. The highest BCUT2D eigenvalue weighted by molar-refractivity contribution is 7.13. The maximum absolute atomic E-state index is 13.6. The topological polar surface area (TPSA) is 85.8 Å². The molecule has 4 aromatic rings. The number of hydrogen-bond donors (Lipinski definition) is 1. The number of aromatic nitrogens is 4. The Hall–Kier alpha value is -3.33. The predicted octanol–water partition coefficient (Wildman–Crippen LogP) is 3.68. The summed E-state index contributed by atoms with van der Waals surface area (Å²) < 4.78 is 20.0. The van der Waals surface area contributed by atoms with Crippen LogP contribution < -0.4 is 5.32 Å². The van der Waals surface area contributed by atoms with Gasteiger partial charge in [0.05, 0.1) is 10.6 Å². The summed E-state index contributed by atoms with van der Waals surface area (Å²) in [7, 11) is 0. The molecule has 3 aromatic heterocycles. The Bertz CT molecular complexity index is 1070. The number of carbonyl (C=O) groups is 1. The monoisotopic (exact) mass is 369 g/mol. The molecule has 0 aliphatic heterocycles. The smallest absolute Gasteiger partial charge is 0.296 e. The minimum absolute atomic E-state index is 0.0571. The van der Waals surface area contributed by atoms with E-state index in [-0.39, 0.29) is 11.6 Å². The number of hydrogen-bond acceptors (Lipinski definition) is 6. The summed E-state index contributed by atoms with van der Waals surface area (Å²) >= 11 is 1.45. The van der Waals surface area contributed by atoms with Gasteiger partial charge in [0.1, 0.15) is 11.6 Å². The van der Waals surface area contributed by atoms with Crippen LogP contribution in [0.1, 0.15) is 16.4 Å². The van der Waals surface area contributed by atoms with E-state index < -0.39 is 11.7 Å². The van der Waals surface area contributed by atoms with Gasteiger partial charge in [0.2, 0.25) is 5.82 Å². The van der Waals surface area contributed by atoms with Crippen LogP contribution in [0.15, 0.2) is 52.4 Å². The maximum Gasteiger partial charge on any atom is 0.296 e. The van der Waals surface area contributed by atoms with Crippen LogP contribution in [-0.4, -0.2) is 25.8 Å². The molecule has 9 heteroatoms. The number of halogens is 1. The molecule has 0 unspecified atom stereocenters. The van der Waals surface area contributed by atoms with E-state index in [4.69, 9.17) is 4.52 Å². The standard InChI is InChI=1S/C17H12FN5O2S/c1-10-8-14(22-25-10)19-17(24)15-20-16(13-6-3-7-26-13)23(21-15)12-5-2-4-11(18)9-12/h2-9H,1H3,(H,19,22,24). The zero-order valence-electron chi connectivity index (χ0n) is 13.5. The fourth-order valence-corrected chi connectivity index (χ4v) is 3.06. The third kappa shape index (κ3) is 3.11. The Labute approximate surface area is 151 Å². The molecule has 0 spiro atoms. The van der Waals surface area contributed by atoms with Crippen LogP contribution in [0.25, 0.3) is 16.4 Å². The van der Waals surface area contributed by atoms with Gasteiger partial charge in [-0.15, -0.1) is 16.4 Å². The first-order chi connectivity index (χ1) is 12.6. The van der Waals surface area contributed by atoms with Crippen LogP contribution in [0, 0.1) is 12.7 Å². The highest BCUT2D eigenvalue weighted by Crippen LogP contribution is 2.26. The number of aryl methyl sites for hydroxylation is 1. The normalized spacial score (nSPS) is 10.8. The summed E-state index contributed by atoms with van der Waals surface area (Å²) in [4.78, 5) is 17.6. The summed E-state index contributed by atoms with van der Waals surface area (Å²) in [6.45, 7) is 1.72. The van der Waals surface area contributed by atoms with Crippen LogP contribution >= 0.6 is 11.3 Å². The third-order valence-electron chi connectivity index (χ3n) is 3.47. The van der Waals surface area contributed by atoms with Gasteiger partial charge in [0, 0.05) is 6.07 Å². The van der Waals surface area contributed by atoms with Crippen molar-refractivity contribution in [2.24, 2.45) is 0 Å². The van der Waals surface area contributed by atoms with Crippen molar-refractivity contribution in [3.05, 3.63) is 65.2 Å². The van der Waals surface area contributed by atoms with Crippen molar-refractivity contribution in [2.45, 2.75) is 6.92 Å². The molecule has 1 aromatic carbocycles. The van der Waals surface area contributed by atoms with Crippen LogP contribution in [0.4, 0.5) is 10.2 Å². The quantitative estimate of drug-likeness (QED) is 0.593. The van der Waals surface area contributed by atoms with Gasteiger partial charge in [0.25, 0.3) is 5.91 Å². The number of nitrogens with zero attached hydrogens (tertiary/aromatic N) is 4. The summed E-state index contributed by atoms with van der Waals surface area (Å²) in [6, 6.07) is 11.2. The minimum Gasteiger partial charge on any atom is -0.360 e. The molecular formula is C17H12FN5O2S. The largest absolute Gasteiger partial charge is 0.360 e. The molecule has 130 valence electrons. The highest BCUT2D eigenvalue weighted by atomic mass is 32.1. The average molecular weight is 369 g/mol. The third-order valence-corrected chi connectivity index (χ3v) is 4.34. The molecule has 3 heterocycles. The molecular weight excluding hydrogens is 357 g/mol. The fraction of sp³-hybridized carbons (Fsp3) is 0.0588. The van der Waals surface area contributed by atoms with E-state index in [1.165, 1.54) is 28.2 Å². The molecule has 0 saturated carbocycles. The molecule has 0 atom stereocenters. The van der Waals surface area contributed by atoms with Gasteiger partial charge in [-0.2, -0.15) is 0 Å². The molecule has 0 fully saturated rings. The van der Waals surface area contributed by atoms with Crippen molar-refractivity contribution in [2.75, 3.05) is 5.32 Å². The van der Waals surface area contributed by atoms with Crippen LogP contribution in [0.5, 0.6) is 0 Å². The van der Waals surface area contributed by atoms with Gasteiger partial charge in [-0.3, -0.25) is 4.79 Å². The van der Waals surface area contributed by atoms with Gasteiger partial charge in [-0.25, -0.2) is 14.1 Å². The zero-order valence-corrected chi connectivity index (χ0v) is 14.3. The van der Waals surface area contributed by atoms with Crippen molar-refractivity contribution >= 4 is 23.1 Å². The van der Waals surface area contributed by atoms with Gasteiger partial charge in [-0.1, -0.05) is 17.3 Å². The number of benzene rings is 1. The van der Waals surface area contributed by atoms with Crippen LogP contribution in [0.2, 0.25) is 0 Å². The lowest BCUT2D eigenvalue weighted by atomic mass is 10.3. The lowest BCUT2D eigenvalue weighted by molar-refractivity contribution is 0.101. The molecule has 0 radical (unpaired) electrons. The van der Waals surface area contributed by atoms with Crippen molar-refractivity contribution in [3.8, 4) is 16.4 Å². The number of anilines is 1. The summed E-state index contributed by atoms with van der Waals surface area (Å²) in [6.07, 6.45) is 0. The number of amides is 1. The van der Waals surface area contributed by atoms with Gasteiger partial charge < -0.3 is 9.84 Å². The van der Waals surface area contributed by atoms with E-state index in [9.17, 15) is 9.18 Å². The van der Waals surface area contributed by atoms with Crippen molar-refractivity contribution < 1.29 is 13.7 Å². The van der Waals surface area contributed by atoms with E-state index >= 15 is 0 Å². The molecule has 1 amide bonds. The summed E-state index contributed by atoms with van der Waals surface area (Å²) in [5, 5.41) is 12.4. The van der Waals surface area contributed by atoms with Crippen LogP contribution in [-0.2, 0) is 0 Å². The Morgan fingerprint density at radius 3 is 2.85 bits per heavy atom. The molecule has 0 aliphatic carbocycles. The van der Waals surface area contributed by atoms with Crippen molar-refractivity contribution in [1.29, 1.82) is 0 Å². The van der Waals surface area contributed by atoms with Gasteiger partial charge in [-0.05, 0) is 36.6 Å². The fourth-order valence-electron chi connectivity index (χ4n) is 2.36. The second kappa shape index (κ2) is 6.52. The Balaban J connectivity index is 1.75. The number of rotatable bonds is 4.